The van der Waals surface area contributed by atoms with E-state index in [1.54, 1.807) is 0 Å². The standard InChI is InChI=1S/C29H34N2/c1-28(2,3)23-14-12-22(13-15-23)27-20-26(21-10-8-7-9-11-21)30-31(27)25-18-16-24(17-19-25)29(4,5)6/h7-20,27,30H,1-6H3. The van der Waals surface area contributed by atoms with Crippen LogP contribution in [-0.4, -0.2) is 0 Å². The van der Waals surface area contributed by atoms with Gasteiger partial charge in [0.2, 0.25) is 0 Å². The highest BCUT2D eigenvalue weighted by atomic mass is 15.5. The molecule has 1 unspecified atom stereocenters. The minimum atomic E-state index is 0.129. The lowest BCUT2D eigenvalue weighted by Gasteiger charge is -2.29. The van der Waals surface area contributed by atoms with E-state index in [2.05, 4.69) is 137 Å². The first-order valence-corrected chi connectivity index (χ1v) is 11.2. The highest BCUT2D eigenvalue weighted by Crippen LogP contribution is 2.36. The molecule has 0 aromatic heterocycles. The molecular weight excluding hydrogens is 376 g/mol. The molecule has 1 aliphatic rings. The van der Waals surface area contributed by atoms with E-state index < -0.39 is 0 Å². The summed E-state index contributed by atoms with van der Waals surface area (Å²) >= 11 is 0. The number of nitrogens with zero attached hydrogens (tertiary/aromatic N) is 1. The van der Waals surface area contributed by atoms with Crippen LogP contribution in [0.5, 0.6) is 0 Å². The third-order valence-electron chi connectivity index (χ3n) is 6.06. The summed E-state index contributed by atoms with van der Waals surface area (Å²) in [6.07, 6.45) is 2.33. The summed E-state index contributed by atoms with van der Waals surface area (Å²) in [6, 6.07) is 28.7. The molecule has 0 amide bonds. The van der Waals surface area contributed by atoms with E-state index >= 15 is 0 Å². The summed E-state index contributed by atoms with van der Waals surface area (Å²) in [5.74, 6) is 0. The van der Waals surface area contributed by atoms with Crippen LogP contribution in [0.25, 0.3) is 5.70 Å². The van der Waals surface area contributed by atoms with Crippen LogP contribution >= 0.6 is 0 Å². The second kappa shape index (κ2) is 7.92. The van der Waals surface area contributed by atoms with Crippen LogP contribution in [-0.2, 0) is 10.8 Å². The first-order valence-electron chi connectivity index (χ1n) is 11.2. The fourth-order valence-corrected chi connectivity index (χ4v) is 4.02. The zero-order valence-electron chi connectivity index (χ0n) is 19.6. The topological polar surface area (TPSA) is 15.3 Å². The number of benzene rings is 3. The summed E-state index contributed by atoms with van der Waals surface area (Å²) in [5, 5.41) is 2.28. The van der Waals surface area contributed by atoms with E-state index in [1.807, 2.05) is 0 Å². The SMILES string of the molecule is CC(C)(C)c1ccc(C2C=C(c3ccccc3)NN2c2ccc(C(C)(C)C)cc2)cc1. The minimum Gasteiger partial charge on any atom is -0.297 e. The smallest absolute Gasteiger partial charge is 0.0958 e. The van der Waals surface area contributed by atoms with Crippen molar-refractivity contribution in [1.29, 1.82) is 0 Å². The van der Waals surface area contributed by atoms with Gasteiger partial charge in [-0.2, -0.15) is 0 Å². The van der Waals surface area contributed by atoms with Crippen LogP contribution in [0, 0.1) is 0 Å². The maximum atomic E-state index is 3.67. The quantitative estimate of drug-likeness (QED) is 0.484. The lowest BCUT2D eigenvalue weighted by atomic mass is 9.86. The van der Waals surface area contributed by atoms with Gasteiger partial charge in [-0.15, -0.1) is 0 Å². The molecule has 2 nitrogen and oxygen atoms in total. The first-order chi connectivity index (χ1) is 14.6. The lowest BCUT2D eigenvalue weighted by Crippen LogP contribution is -2.34. The Bertz CT molecular complexity index is 1050. The monoisotopic (exact) mass is 410 g/mol. The molecule has 0 aliphatic carbocycles. The van der Waals surface area contributed by atoms with Crippen LogP contribution in [0.4, 0.5) is 5.69 Å². The molecule has 1 heterocycles. The van der Waals surface area contributed by atoms with Gasteiger partial charge in [0.1, 0.15) is 0 Å². The Labute approximate surface area is 187 Å². The summed E-state index contributed by atoms with van der Waals surface area (Å²) < 4.78 is 0. The molecule has 0 fully saturated rings. The fourth-order valence-electron chi connectivity index (χ4n) is 4.02. The van der Waals surface area contributed by atoms with Crippen molar-refractivity contribution in [3.63, 3.8) is 0 Å². The Morgan fingerprint density at radius 2 is 1.16 bits per heavy atom. The van der Waals surface area contributed by atoms with Crippen molar-refractivity contribution < 1.29 is 0 Å². The number of hydrogen-bond acceptors (Lipinski definition) is 2. The van der Waals surface area contributed by atoms with Crippen molar-refractivity contribution in [2.24, 2.45) is 0 Å². The molecule has 0 saturated heterocycles. The van der Waals surface area contributed by atoms with Crippen LogP contribution in [0.2, 0.25) is 0 Å². The summed E-state index contributed by atoms with van der Waals surface area (Å²) in [5.41, 5.74) is 11.5. The van der Waals surface area contributed by atoms with Crippen LogP contribution in [0.3, 0.4) is 0 Å². The van der Waals surface area contributed by atoms with Crippen molar-refractivity contribution in [1.82, 2.24) is 5.43 Å². The molecule has 4 rings (SSSR count). The predicted octanol–water partition coefficient (Wildman–Crippen LogP) is 7.39. The number of hydrazine groups is 1. The van der Waals surface area contributed by atoms with Gasteiger partial charge in [-0.25, -0.2) is 0 Å². The molecule has 3 aromatic carbocycles. The number of hydrogen-bond donors (Lipinski definition) is 1. The van der Waals surface area contributed by atoms with E-state index in [0.29, 0.717) is 0 Å². The first kappa shape index (κ1) is 21.2. The van der Waals surface area contributed by atoms with E-state index in [4.69, 9.17) is 0 Å². The van der Waals surface area contributed by atoms with E-state index in [1.165, 1.54) is 27.9 Å². The molecule has 160 valence electrons. The second-order valence-corrected chi connectivity index (χ2v) is 10.5. The van der Waals surface area contributed by atoms with Gasteiger partial charge in [0.05, 0.1) is 17.4 Å². The number of anilines is 1. The summed E-state index contributed by atoms with van der Waals surface area (Å²) in [6.45, 7) is 13.5. The molecule has 0 saturated carbocycles. The number of rotatable bonds is 3. The molecule has 3 aromatic rings. The van der Waals surface area contributed by atoms with Crippen LogP contribution in [0.15, 0.2) is 84.9 Å². The third-order valence-corrected chi connectivity index (χ3v) is 6.06. The largest absolute Gasteiger partial charge is 0.297 e. The molecule has 1 atom stereocenters. The van der Waals surface area contributed by atoms with Crippen molar-refractivity contribution in [2.45, 2.75) is 58.4 Å². The number of nitrogens with one attached hydrogen (secondary N) is 1. The average Bonchev–Trinajstić information content (AvgIpc) is 3.19. The highest BCUT2D eigenvalue weighted by molar-refractivity contribution is 5.72. The summed E-state index contributed by atoms with van der Waals surface area (Å²) in [4.78, 5) is 0. The van der Waals surface area contributed by atoms with E-state index in [9.17, 15) is 0 Å². The predicted molar refractivity (Wildman–Crippen MR) is 133 cm³/mol. The van der Waals surface area contributed by atoms with Crippen molar-refractivity contribution >= 4 is 11.4 Å². The summed E-state index contributed by atoms with van der Waals surface area (Å²) in [7, 11) is 0. The zero-order chi connectivity index (χ0) is 22.2. The van der Waals surface area contributed by atoms with E-state index in [0.717, 1.165) is 5.70 Å². The van der Waals surface area contributed by atoms with Crippen molar-refractivity contribution in [3.05, 3.63) is 107 Å². The van der Waals surface area contributed by atoms with Gasteiger partial charge in [-0.1, -0.05) is 108 Å². The van der Waals surface area contributed by atoms with E-state index in [-0.39, 0.29) is 16.9 Å². The molecule has 1 aliphatic heterocycles. The molecule has 2 heteroatoms. The normalized spacial score (nSPS) is 16.8. The minimum absolute atomic E-state index is 0.129. The highest BCUT2D eigenvalue weighted by Gasteiger charge is 2.28. The second-order valence-electron chi connectivity index (χ2n) is 10.5. The Kier molecular flexibility index (Phi) is 5.43. The molecule has 31 heavy (non-hydrogen) atoms. The van der Waals surface area contributed by atoms with Gasteiger partial charge in [-0.05, 0) is 51.3 Å². The average molecular weight is 411 g/mol. The van der Waals surface area contributed by atoms with Gasteiger partial charge in [0.25, 0.3) is 0 Å². The van der Waals surface area contributed by atoms with Gasteiger partial charge in [0, 0.05) is 0 Å². The Hall–Kier alpha value is -3.00. The molecule has 0 spiro atoms. The van der Waals surface area contributed by atoms with Crippen LogP contribution < -0.4 is 10.4 Å². The third kappa shape index (κ3) is 4.54. The van der Waals surface area contributed by atoms with Gasteiger partial charge >= 0.3 is 0 Å². The van der Waals surface area contributed by atoms with Gasteiger partial charge in [-0.3, -0.25) is 10.4 Å². The lowest BCUT2D eigenvalue weighted by molar-refractivity contribution is 0.589. The molecule has 0 radical (unpaired) electrons. The Morgan fingerprint density at radius 3 is 1.68 bits per heavy atom. The van der Waals surface area contributed by atoms with Crippen LogP contribution in [0.1, 0.15) is 69.8 Å². The zero-order valence-corrected chi connectivity index (χ0v) is 19.6. The molecular formula is C29H34N2. The van der Waals surface area contributed by atoms with Crippen molar-refractivity contribution in [3.8, 4) is 0 Å². The maximum Gasteiger partial charge on any atom is 0.0958 e. The van der Waals surface area contributed by atoms with Gasteiger partial charge < -0.3 is 0 Å². The molecule has 0 bridgehead atoms. The maximum absolute atomic E-state index is 3.67. The fraction of sp³-hybridized carbons (Fsp3) is 0.310. The van der Waals surface area contributed by atoms with Crippen molar-refractivity contribution in [2.75, 3.05) is 5.01 Å². The van der Waals surface area contributed by atoms with Gasteiger partial charge in [0.15, 0.2) is 0 Å². The molecule has 1 N–H and O–H groups in total. The Balaban J connectivity index is 1.71. The Morgan fingerprint density at radius 1 is 0.645 bits per heavy atom.